The molecule has 1 aliphatic rings. The van der Waals surface area contributed by atoms with E-state index in [1.165, 1.54) is 19.4 Å². The molecule has 1 aromatic carbocycles. The molecule has 1 fully saturated rings. The van der Waals surface area contributed by atoms with Gasteiger partial charge in [-0.3, -0.25) is 4.90 Å². The first-order valence-corrected chi connectivity index (χ1v) is 6.51. The van der Waals surface area contributed by atoms with Gasteiger partial charge in [0.05, 0.1) is 11.6 Å². The van der Waals surface area contributed by atoms with Gasteiger partial charge in [0.25, 0.3) is 0 Å². The minimum absolute atomic E-state index is 0.629. The molecule has 1 aliphatic carbocycles. The van der Waals surface area contributed by atoms with Gasteiger partial charge in [-0.1, -0.05) is 24.6 Å². The van der Waals surface area contributed by atoms with Crippen molar-refractivity contribution in [3.05, 3.63) is 34.3 Å². The monoisotopic (exact) mass is 248 g/mol. The largest absolute Gasteiger partial charge is 0.299 e. The fourth-order valence-corrected chi connectivity index (χ4v) is 2.20. The van der Waals surface area contributed by atoms with Gasteiger partial charge in [-0.2, -0.15) is 5.26 Å². The third-order valence-corrected chi connectivity index (χ3v) is 3.59. The number of rotatable bonds is 5. The van der Waals surface area contributed by atoms with Crippen LogP contribution >= 0.6 is 11.6 Å². The van der Waals surface area contributed by atoms with Crippen LogP contribution in [0.4, 0.5) is 0 Å². The zero-order chi connectivity index (χ0) is 12.3. The Morgan fingerprint density at radius 3 is 2.76 bits per heavy atom. The summed E-state index contributed by atoms with van der Waals surface area (Å²) in [5.41, 5.74) is 1.75. The van der Waals surface area contributed by atoms with Gasteiger partial charge in [-0.25, -0.2) is 0 Å². The highest BCUT2D eigenvalue weighted by molar-refractivity contribution is 6.31. The van der Waals surface area contributed by atoms with E-state index in [9.17, 15) is 0 Å². The summed E-state index contributed by atoms with van der Waals surface area (Å²) in [4.78, 5) is 2.42. The number of benzene rings is 1. The smallest absolute Gasteiger partial charge is 0.0992 e. The fraction of sp³-hybridized carbons (Fsp3) is 0.500. The molecular formula is C14H17ClN2. The number of hydrogen-bond donors (Lipinski definition) is 0. The number of nitriles is 1. The lowest BCUT2D eigenvalue weighted by molar-refractivity contribution is 0.268. The van der Waals surface area contributed by atoms with E-state index in [2.05, 4.69) is 17.9 Å². The van der Waals surface area contributed by atoms with Crippen LogP contribution in [0.2, 0.25) is 5.02 Å². The van der Waals surface area contributed by atoms with Gasteiger partial charge >= 0.3 is 0 Å². The predicted molar refractivity (Wildman–Crippen MR) is 69.8 cm³/mol. The highest BCUT2D eigenvalue weighted by Crippen LogP contribution is 2.30. The SMILES string of the molecule is CCN(Cc1ccc(C#N)cc1Cl)CC1CC1. The first-order chi connectivity index (χ1) is 8.22. The van der Waals surface area contributed by atoms with E-state index in [0.717, 1.165) is 24.6 Å². The first kappa shape index (κ1) is 12.4. The van der Waals surface area contributed by atoms with Crippen LogP contribution in [0.5, 0.6) is 0 Å². The zero-order valence-corrected chi connectivity index (χ0v) is 10.9. The molecule has 1 aromatic rings. The Balaban J connectivity index is 2.03. The Morgan fingerprint density at radius 1 is 1.47 bits per heavy atom. The van der Waals surface area contributed by atoms with Crippen LogP contribution < -0.4 is 0 Å². The van der Waals surface area contributed by atoms with E-state index in [0.29, 0.717) is 10.6 Å². The van der Waals surface area contributed by atoms with Crippen molar-refractivity contribution in [3.63, 3.8) is 0 Å². The molecule has 0 N–H and O–H groups in total. The molecule has 0 unspecified atom stereocenters. The van der Waals surface area contributed by atoms with Gasteiger partial charge in [0.2, 0.25) is 0 Å². The van der Waals surface area contributed by atoms with E-state index >= 15 is 0 Å². The predicted octanol–water partition coefficient (Wildman–Crippen LogP) is 3.44. The Labute approximate surface area is 108 Å². The van der Waals surface area contributed by atoms with Gasteiger partial charge in [-0.15, -0.1) is 0 Å². The van der Waals surface area contributed by atoms with Crippen LogP contribution in [0.25, 0.3) is 0 Å². The van der Waals surface area contributed by atoms with Crippen molar-refractivity contribution < 1.29 is 0 Å². The highest BCUT2D eigenvalue weighted by atomic mass is 35.5. The maximum absolute atomic E-state index is 8.79. The average Bonchev–Trinajstić information content (AvgIpc) is 3.14. The number of hydrogen-bond acceptors (Lipinski definition) is 2. The Morgan fingerprint density at radius 2 is 2.24 bits per heavy atom. The molecule has 0 radical (unpaired) electrons. The van der Waals surface area contributed by atoms with Crippen molar-refractivity contribution in [3.8, 4) is 6.07 Å². The second-order valence-electron chi connectivity index (χ2n) is 4.69. The van der Waals surface area contributed by atoms with Crippen molar-refractivity contribution in [2.75, 3.05) is 13.1 Å². The lowest BCUT2D eigenvalue weighted by atomic mass is 10.1. The second kappa shape index (κ2) is 5.53. The minimum Gasteiger partial charge on any atom is -0.299 e. The Kier molecular flexibility index (Phi) is 4.04. The topological polar surface area (TPSA) is 27.0 Å². The lowest BCUT2D eigenvalue weighted by Crippen LogP contribution is -2.25. The van der Waals surface area contributed by atoms with Gasteiger partial charge < -0.3 is 0 Å². The van der Waals surface area contributed by atoms with Crippen LogP contribution in [0.15, 0.2) is 18.2 Å². The maximum atomic E-state index is 8.79. The zero-order valence-electron chi connectivity index (χ0n) is 10.1. The molecule has 0 spiro atoms. The highest BCUT2D eigenvalue weighted by Gasteiger charge is 2.23. The van der Waals surface area contributed by atoms with Crippen LogP contribution in [-0.2, 0) is 6.54 Å². The molecule has 0 saturated heterocycles. The summed E-state index contributed by atoms with van der Waals surface area (Å²) in [7, 11) is 0. The van der Waals surface area contributed by atoms with E-state index in [1.54, 1.807) is 6.07 Å². The summed E-state index contributed by atoms with van der Waals surface area (Å²) in [6.07, 6.45) is 2.75. The number of nitrogens with zero attached hydrogens (tertiary/aromatic N) is 2. The molecule has 1 saturated carbocycles. The van der Waals surface area contributed by atoms with Crippen LogP contribution in [0.3, 0.4) is 0 Å². The molecule has 17 heavy (non-hydrogen) atoms. The Bertz CT molecular complexity index is 432. The van der Waals surface area contributed by atoms with Gasteiger partial charge in [-0.05, 0) is 43.0 Å². The lowest BCUT2D eigenvalue weighted by Gasteiger charge is -2.20. The van der Waals surface area contributed by atoms with Crippen molar-refractivity contribution >= 4 is 11.6 Å². The molecule has 3 heteroatoms. The summed E-state index contributed by atoms with van der Waals surface area (Å²) >= 11 is 6.18. The molecule has 0 amide bonds. The normalized spacial score (nSPS) is 14.9. The van der Waals surface area contributed by atoms with Crippen molar-refractivity contribution in [1.82, 2.24) is 4.90 Å². The maximum Gasteiger partial charge on any atom is 0.0992 e. The van der Waals surface area contributed by atoms with Crippen LogP contribution in [0, 0.1) is 17.2 Å². The van der Waals surface area contributed by atoms with Crippen LogP contribution in [0.1, 0.15) is 30.9 Å². The molecule has 2 rings (SSSR count). The van der Waals surface area contributed by atoms with Crippen molar-refractivity contribution in [1.29, 1.82) is 5.26 Å². The van der Waals surface area contributed by atoms with Gasteiger partial charge in [0, 0.05) is 18.1 Å². The quantitative estimate of drug-likeness (QED) is 0.798. The third-order valence-electron chi connectivity index (χ3n) is 3.24. The fourth-order valence-electron chi connectivity index (χ4n) is 1.96. The molecule has 0 atom stereocenters. The second-order valence-corrected chi connectivity index (χ2v) is 5.10. The van der Waals surface area contributed by atoms with E-state index in [1.807, 2.05) is 12.1 Å². The standard InChI is InChI=1S/C14H17ClN2/c1-2-17(9-11-3-4-11)10-13-6-5-12(8-16)7-14(13)15/h5-7,11H,2-4,9-10H2,1H3. The summed E-state index contributed by atoms with van der Waals surface area (Å²) < 4.78 is 0. The molecule has 90 valence electrons. The third kappa shape index (κ3) is 3.46. The summed E-state index contributed by atoms with van der Waals surface area (Å²) in [6.45, 7) is 5.29. The molecular weight excluding hydrogens is 232 g/mol. The average molecular weight is 249 g/mol. The molecule has 2 nitrogen and oxygen atoms in total. The molecule has 0 aromatic heterocycles. The molecule has 0 heterocycles. The summed E-state index contributed by atoms with van der Waals surface area (Å²) in [5, 5.41) is 9.50. The van der Waals surface area contributed by atoms with E-state index < -0.39 is 0 Å². The van der Waals surface area contributed by atoms with Crippen molar-refractivity contribution in [2.45, 2.75) is 26.3 Å². The summed E-state index contributed by atoms with van der Waals surface area (Å²) in [6, 6.07) is 7.67. The first-order valence-electron chi connectivity index (χ1n) is 6.13. The van der Waals surface area contributed by atoms with E-state index in [4.69, 9.17) is 16.9 Å². The van der Waals surface area contributed by atoms with Crippen LogP contribution in [-0.4, -0.2) is 18.0 Å². The van der Waals surface area contributed by atoms with Crippen molar-refractivity contribution in [2.24, 2.45) is 5.92 Å². The molecule has 0 aliphatic heterocycles. The minimum atomic E-state index is 0.629. The van der Waals surface area contributed by atoms with Gasteiger partial charge in [0.1, 0.15) is 0 Å². The Hall–Kier alpha value is -1.04. The van der Waals surface area contributed by atoms with E-state index in [-0.39, 0.29) is 0 Å². The van der Waals surface area contributed by atoms with Gasteiger partial charge in [0.15, 0.2) is 0 Å². The number of halogens is 1. The molecule has 0 bridgehead atoms. The summed E-state index contributed by atoms with van der Waals surface area (Å²) in [5.74, 6) is 0.895.